The maximum absolute atomic E-state index is 14.3. The summed E-state index contributed by atoms with van der Waals surface area (Å²) in [7, 11) is 3.95. The van der Waals surface area contributed by atoms with Gasteiger partial charge in [-0.2, -0.15) is 5.10 Å². The number of hydrogen-bond donors (Lipinski definition) is 2. The molecule has 12 heteroatoms. The predicted molar refractivity (Wildman–Crippen MR) is 170 cm³/mol. The Hall–Kier alpha value is -5.75. The van der Waals surface area contributed by atoms with Crippen molar-refractivity contribution in [3.05, 3.63) is 120 Å². The number of rotatable bonds is 10. The van der Waals surface area contributed by atoms with Crippen LogP contribution in [0.1, 0.15) is 10.4 Å². The molecule has 0 atom stereocenters. The third-order valence-corrected chi connectivity index (χ3v) is 6.99. The molecule has 0 spiro atoms. The molecule has 3 aromatic carbocycles. The Morgan fingerprint density at radius 3 is 2.48 bits per heavy atom. The second-order valence-corrected chi connectivity index (χ2v) is 10.6. The molecule has 0 aliphatic carbocycles. The number of likely N-dealkylation sites (N-methyl/N-ethyl adjacent to an activating group) is 1. The fourth-order valence-corrected chi connectivity index (χ4v) is 4.83. The van der Waals surface area contributed by atoms with Crippen LogP contribution in [0.25, 0.3) is 28.0 Å². The summed E-state index contributed by atoms with van der Waals surface area (Å²) in [6, 6.07) is 21.9. The Labute approximate surface area is 262 Å². The molecule has 3 heterocycles. The summed E-state index contributed by atoms with van der Waals surface area (Å²) in [5, 5.41) is 10.4. The van der Waals surface area contributed by atoms with Gasteiger partial charge >= 0.3 is 0 Å². The van der Waals surface area contributed by atoms with Crippen LogP contribution in [-0.2, 0) is 0 Å². The number of carbonyl (C=O) groups is 1. The zero-order valence-corrected chi connectivity index (χ0v) is 24.8. The Balaban J connectivity index is 1.34. The summed E-state index contributed by atoms with van der Waals surface area (Å²) in [4.78, 5) is 23.9. The molecule has 6 aromatic rings. The van der Waals surface area contributed by atoms with E-state index in [9.17, 15) is 18.0 Å². The van der Waals surface area contributed by atoms with Crippen LogP contribution in [0.4, 0.5) is 30.5 Å². The van der Waals surface area contributed by atoms with E-state index in [2.05, 4.69) is 20.7 Å². The minimum atomic E-state index is -0.977. The van der Waals surface area contributed by atoms with Crippen molar-refractivity contribution in [1.82, 2.24) is 24.5 Å². The van der Waals surface area contributed by atoms with E-state index in [1.165, 1.54) is 22.8 Å². The molecular weight excluding hydrogens is 595 g/mol. The molecule has 3 aromatic heterocycles. The van der Waals surface area contributed by atoms with Crippen LogP contribution < -0.4 is 15.4 Å². The number of carbonyl (C=O) groups excluding carboxylic acids is 1. The molecule has 0 saturated heterocycles. The summed E-state index contributed by atoms with van der Waals surface area (Å²) >= 11 is 0. The van der Waals surface area contributed by atoms with E-state index in [1.807, 2.05) is 43.3 Å². The van der Waals surface area contributed by atoms with Crippen LogP contribution in [0, 0.1) is 17.5 Å². The van der Waals surface area contributed by atoms with E-state index >= 15 is 0 Å². The van der Waals surface area contributed by atoms with E-state index in [1.54, 1.807) is 42.6 Å². The third kappa shape index (κ3) is 6.66. The Kier molecular flexibility index (Phi) is 8.61. The fraction of sp³-hybridized carbons (Fsp3) is 0.118. The number of pyridine rings is 1. The number of anilines is 3. The number of aromatic nitrogens is 4. The zero-order chi connectivity index (χ0) is 32.2. The van der Waals surface area contributed by atoms with Gasteiger partial charge < -0.3 is 20.3 Å². The van der Waals surface area contributed by atoms with Crippen LogP contribution in [0.5, 0.6) is 5.75 Å². The molecule has 6 rings (SSSR count). The topological polar surface area (TPSA) is 96.7 Å². The average molecular weight is 624 g/mol. The maximum atomic E-state index is 14.3. The number of hydrogen-bond acceptors (Lipinski definition) is 7. The van der Waals surface area contributed by atoms with Gasteiger partial charge in [0.2, 0.25) is 5.95 Å². The number of nitrogens with one attached hydrogen (secondary N) is 2. The lowest BCUT2D eigenvalue weighted by molar-refractivity contribution is 0.101. The van der Waals surface area contributed by atoms with E-state index in [0.29, 0.717) is 46.3 Å². The Bertz CT molecular complexity index is 2030. The predicted octanol–water partition coefficient (Wildman–Crippen LogP) is 6.81. The van der Waals surface area contributed by atoms with E-state index < -0.39 is 28.9 Å². The minimum Gasteiger partial charge on any atom is -0.492 e. The highest BCUT2D eigenvalue weighted by Crippen LogP contribution is 2.36. The molecule has 0 aliphatic heterocycles. The molecule has 0 bridgehead atoms. The Morgan fingerprint density at radius 2 is 1.67 bits per heavy atom. The lowest BCUT2D eigenvalue weighted by atomic mass is 10.0. The smallest absolute Gasteiger partial charge is 0.261 e. The van der Waals surface area contributed by atoms with Crippen LogP contribution in [0.2, 0.25) is 0 Å². The molecule has 0 radical (unpaired) electrons. The van der Waals surface area contributed by atoms with Gasteiger partial charge in [-0.05, 0) is 68.7 Å². The quantitative estimate of drug-likeness (QED) is 0.173. The first kappa shape index (κ1) is 30.3. The molecule has 1 amide bonds. The molecule has 46 heavy (non-hydrogen) atoms. The second-order valence-electron chi connectivity index (χ2n) is 10.6. The van der Waals surface area contributed by atoms with Gasteiger partial charge in [0.25, 0.3) is 5.91 Å². The van der Waals surface area contributed by atoms with Gasteiger partial charge in [0.15, 0.2) is 0 Å². The third-order valence-electron chi connectivity index (χ3n) is 6.99. The number of amides is 1. The van der Waals surface area contributed by atoms with Gasteiger partial charge in [-0.25, -0.2) is 27.7 Å². The first-order chi connectivity index (χ1) is 22.2. The van der Waals surface area contributed by atoms with Gasteiger partial charge in [0.05, 0.1) is 23.0 Å². The van der Waals surface area contributed by atoms with Gasteiger partial charge in [-0.3, -0.25) is 4.79 Å². The summed E-state index contributed by atoms with van der Waals surface area (Å²) < 4.78 is 50.0. The standard InChI is InChI=1S/C34H28F3N7O2/c1-43(2)16-17-46-25-9-4-8-24(19-25)40-34-38-15-14-28(41-34)31-29-13-12-22(35)20-44(29)42-32(31)21-6-3-7-23(18-21)39-33(45)30-26(36)10-5-11-27(30)37/h3-15,18-20H,16-17H2,1-2H3,(H,39,45)(H,38,40,41). The van der Waals surface area contributed by atoms with Gasteiger partial charge in [-0.15, -0.1) is 0 Å². The van der Waals surface area contributed by atoms with Gasteiger partial charge in [0.1, 0.15) is 41.1 Å². The first-order valence-corrected chi connectivity index (χ1v) is 14.3. The second kappa shape index (κ2) is 13.1. The molecule has 9 nitrogen and oxygen atoms in total. The van der Waals surface area contributed by atoms with Crippen LogP contribution in [-0.4, -0.2) is 57.6 Å². The highest BCUT2D eigenvalue weighted by molar-refractivity contribution is 6.05. The summed E-state index contributed by atoms with van der Waals surface area (Å²) in [6.45, 7) is 1.31. The van der Waals surface area contributed by atoms with Crippen molar-refractivity contribution < 1.29 is 22.7 Å². The fourth-order valence-electron chi connectivity index (χ4n) is 4.83. The maximum Gasteiger partial charge on any atom is 0.261 e. The van der Waals surface area contributed by atoms with Crippen molar-refractivity contribution in [1.29, 1.82) is 0 Å². The van der Waals surface area contributed by atoms with Crippen molar-refractivity contribution >= 4 is 28.7 Å². The van der Waals surface area contributed by atoms with Crippen LogP contribution in [0.15, 0.2) is 97.3 Å². The van der Waals surface area contributed by atoms with Gasteiger partial charge in [-0.1, -0.05) is 24.3 Å². The highest BCUT2D eigenvalue weighted by atomic mass is 19.1. The summed E-state index contributed by atoms with van der Waals surface area (Å²) in [6.07, 6.45) is 2.84. The summed E-state index contributed by atoms with van der Waals surface area (Å²) in [5.74, 6) is -2.38. The lowest BCUT2D eigenvalue weighted by Gasteiger charge is -2.12. The monoisotopic (exact) mass is 623 g/mol. The Morgan fingerprint density at radius 1 is 0.913 bits per heavy atom. The lowest BCUT2D eigenvalue weighted by Crippen LogP contribution is -2.19. The largest absolute Gasteiger partial charge is 0.492 e. The highest BCUT2D eigenvalue weighted by Gasteiger charge is 2.21. The van der Waals surface area contributed by atoms with E-state index in [0.717, 1.165) is 24.4 Å². The van der Waals surface area contributed by atoms with Crippen molar-refractivity contribution in [3.8, 4) is 28.3 Å². The van der Waals surface area contributed by atoms with Crippen molar-refractivity contribution in [3.63, 3.8) is 0 Å². The number of benzene rings is 3. The SMILES string of the molecule is CN(C)CCOc1cccc(Nc2nccc(-c3c(-c4cccc(NC(=O)c5c(F)cccc5F)c4)nn4cc(F)ccc34)n2)c1. The molecule has 0 aliphatic rings. The normalized spacial score (nSPS) is 11.2. The van der Waals surface area contributed by atoms with Crippen molar-refractivity contribution in [2.45, 2.75) is 0 Å². The molecular formula is C34H28F3N7O2. The van der Waals surface area contributed by atoms with Crippen LogP contribution in [0.3, 0.4) is 0 Å². The zero-order valence-electron chi connectivity index (χ0n) is 24.8. The van der Waals surface area contributed by atoms with Crippen molar-refractivity contribution in [2.75, 3.05) is 37.9 Å². The molecule has 2 N–H and O–H groups in total. The molecule has 0 saturated carbocycles. The number of fused-ring (bicyclic) bond motifs is 1. The molecule has 0 unspecified atom stereocenters. The number of halogens is 3. The molecule has 232 valence electrons. The summed E-state index contributed by atoms with van der Waals surface area (Å²) in [5.41, 5.74) is 2.92. The average Bonchev–Trinajstić information content (AvgIpc) is 3.40. The minimum absolute atomic E-state index is 0.275. The molecule has 0 fully saturated rings. The number of nitrogens with zero attached hydrogens (tertiary/aromatic N) is 5. The van der Waals surface area contributed by atoms with E-state index in [-0.39, 0.29) is 5.69 Å². The first-order valence-electron chi connectivity index (χ1n) is 14.3. The van der Waals surface area contributed by atoms with E-state index in [4.69, 9.17) is 9.72 Å². The van der Waals surface area contributed by atoms with Crippen molar-refractivity contribution in [2.24, 2.45) is 0 Å². The van der Waals surface area contributed by atoms with Gasteiger partial charge in [0, 0.05) is 35.7 Å². The van der Waals surface area contributed by atoms with Crippen LogP contribution >= 0.6 is 0 Å². The number of ether oxygens (including phenoxy) is 1.